The van der Waals surface area contributed by atoms with E-state index < -0.39 is 0 Å². The zero-order valence-electron chi connectivity index (χ0n) is 7.90. The van der Waals surface area contributed by atoms with Crippen LogP contribution in [0, 0.1) is 16.7 Å². The molecular formula is C10H17ClS. The molecule has 1 aliphatic heterocycles. The Morgan fingerprint density at radius 1 is 1.50 bits per heavy atom. The topological polar surface area (TPSA) is 0 Å². The predicted octanol–water partition coefficient (Wildman–Crippen LogP) is 3.39. The van der Waals surface area contributed by atoms with Crippen molar-refractivity contribution in [3.8, 4) is 0 Å². The fourth-order valence-corrected chi connectivity index (χ4v) is 4.81. The Kier molecular flexibility index (Phi) is 2.16. The Morgan fingerprint density at radius 2 is 2.17 bits per heavy atom. The van der Waals surface area contributed by atoms with Gasteiger partial charge in [-0.1, -0.05) is 13.8 Å². The van der Waals surface area contributed by atoms with Crippen molar-refractivity contribution in [2.24, 2.45) is 16.7 Å². The van der Waals surface area contributed by atoms with Crippen molar-refractivity contribution >= 4 is 23.4 Å². The molecule has 2 aliphatic rings. The first-order valence-corrected chi connectivity index (χ1v) is 6.45. The predicted molar refractivity (Wildman–Crippen MR) is 57.0 cm³/mol. The minimum atomic E-state index is 0.512. The molecule has 0 bridgehead atoms. The van der Waals surface area contributed by atoms with E-state index >= 15 is 0 Å². The quantitative estimate of drug-likeness (QED) is 0.622. The monoisotopic (exact) mass is 204 g/mol. The SMILES string of the molecule is CC1(C)CC1(CCl)C1CCSC1. The molecular weight excluding hydrogens is 188 g/mol. The number of hydrogen-bond acceptors (Lipinski definition) is 1. The van der Waals surface area contributed by atoms with E-state index in [0.29, 0.717) is 10.8 Å². The van der Waals surface area contributed by atoms with Crippen LogP contribution in [-0.2, 0) is 0 Å². The summed E-state index contributed by atoms with van der Waals surface area (Å²) in [5.74, 6) is 4.51. The molecule has 2 rings (SSSR count). The zero-order chi connectivity index (χ0) is 8.82. The lowest BCUT2D eigenvalue weighted by Gasteiger charge is -2.24. The van der Waals surface area contributed by atoms with Crippen molar-refractivity contribution in [2.45, 2.75) is 26.7 Å². The molecule has 0 radical (unpaired) electrons. The Bertz CT molecular complexity index is 184. The van der Waals surface area contributed by atoms with Gasteiger partial charge in [-0.3, -0.25) is 0 Å². The van der Waals surface area contributed by atoms with Crippen molar-refractivity contribution in [3.05, 3.63) is 0 Å². The van der Waals surface area contributed by atoms with Gasteiger partial charge in [-0.2, -0.15) is 11.8 Å². The summed E-state index contributed by atoms with van der Waals surface area (Å²) >= 11 is 8.22. The van der Waals surface area contributed by atoms with Gasteiger partial charge in [0, 0.05) is 5.88 Å². The Morgan fingerprint density at radius 3 is 2.50 bits per heavy atom. The average molecular weight is 205 g/mol. The van der Waals surface area contributed by atoms with Gasteiger partial charge in [0.2, 0.25) is 0 Å². The fraction of sp³-hybridized carbons (Fsp3) is 1.00. The molecule has 0 aromatic heterocycles. The maximum atomic E-state index is 6.11. The second-order valence-electron chi connectivity index (χ2n) is 4.91. The highest BCUT2D eigenvalue weighted by Crippen LogP contribution is 2.69. The number of hydrogen-bond donors (Lipinski definition) is 0. The lowest BCUT2D eigenvalue weighted by Crippen LogP contribution is -2.22. The maximum absolute atomic E-state index is 6.11. The largest absolute Gasteiger partial charge is 0.162 e. The molecule has 0 aromatic rings. The van der Waals surface area contributed by atoms with Crippen LogP contribution in [0.5, 0.6) is 0 Å². The molecule has 0 nitrogen and oxygen atoms in total. The minimum Gasteiger partial charge on any atom is -0.162 e. The van der Waals surface area contributed by atoms with Crippen LogP contribution >= 0.6 is 23.4 Å². The highest BCUT2D eigenvalue weighted by atomic mass is 35.5. The van der Waals surface area contributed by atoms with Crippen LogP contribution in [0.4, 0.5) is 0 Å². The summed E-state index contributed by atoms with van der Waals surface area (Å²) in [4.78, 5) is 0. The summed E-state index contributed by atoms with van der Waals surface area (Å²) in [6, 6.07) is 0. The molecule has 2 unspecified atom stereocenters. The van der Waals surface area contributed by atoms with Gasteiger partial charge in [0.25, 0.3) is 0 Å². The number of rotatable bonds is 2. The highest BCUT2D eigenvalue weighted by molar-refractivity contribution is 7.99. The van der Waals surface area contributed by atoms with Crippen LogP contribution in [-0.4, -0.2) is 17.4 Å². The normalized spacial score (nSPS) is 44.8. The van der Waals surface area contributed by atoms with Crippen LogP contribution in [0.2, 0.25) is 0 Å². The van der Waals surface area contributed by atoms with E-state index in [9.17, 15) is 0 Å². The van der Waals surface area contributed by atoms with Gasteiger partial charge >= 0.3 is 0 Å². The third-order valence-electron chi connectivity index (χ3n) is 3.93. The second kappa shape index (κ2) is 2.81. The summed E-state index contributed by atoms with van der Waals surface area (Å²) < 4.78 is 0. The molecule has 0 aromatic carbocycles. The van der Waals surface area contributed by atoms with Gasteiger partial charge in [-0.05, 0) is 41.1 Å². The molecule has 1 aliphatic carbocycles. The smallest absolute Gasteiger partial charge is 0.0288 e. The first-order valence-electron chi connectivity index (χ1n) is 4.76. The molecule has 70 valence electrons. The van der Waals surface area contributed by atoms with Gasteiger partial charge in [0.05, 0.1) is 0 Å². The zero-order valence-corrected chi connectivity index (χ0v) is 9.47. The molecule has 2 atom stereocenters. The third kappa shape index (κ3) is 1.13. The van der Waals surface area contributed by atoms with Gasteiger partial charge in [-0.25, -0.2) is 0 Å². The standard InChI is InChI=1S/C10H17ClS/c1-9(2)6-10(9,7-11)8-3-4-12-5-8/h8H,3-7H2,1-2H3. The molecule has 12 heavy (non-hydrogen) atoms. The first kappa shape index (κ1) is 9.21. The van der Waals surface area contributed by atoms with E-state index in [1.54, 1.807) is 0 Å². The van der Waals surface area contributed by atoms with Crippen LogP contribution in [0.1, 0.15) is 26.7 Å². The van der Waals surface area contributed by atoms with Gasteiger partial charge < -0.3 is 0 Å². The molecule has 2 heteroatoms. The van der Waals surface area contributed by atoms with E-state index in [2.05, 4.69) is 25.6 Å². The van der Waals surface area contributed by atoms with E-state index in [0.717, 1.165) is 11.8 Å². The molecule has 0 spiro atoms. The Labute approximate surface area is 84.4 Å². The van der Waals surface area contributed by atoms with E-state index in [4.69, 9.17) is 11.6 Å². The first-order chi connectivity index (χ1) is 5.62. The molecule has 1 heterocycles. The highest BCUT2D eigenvalue weighted by Gasteiger charge is 2.64. The summed E-state index contributed by atoms with van der Waals surface area (Å²) in [5.41, 5.74) is 1.04. The van der Waals surface area contributed by atoms with E-state index in [1.165, 1.54) is 24.3 Å². The Balaban J connectivity index is 2.09. The molecule has 2 fully saturated rings. The van der Waals surface area contributed by atoms with Crippen LogP contribution in [0.25, 0.3) is 0 Å². The third-order valence-corrected chi connectivity index (χ3v) is 5.57. The summed E-state index contributed by atoms with van der Waals surface area (Å²) in [6.07, 6.45) is 2.76. The van der Waals surface area contributed by atoms with Crippen LogP contribution < -0.4 is 0 Å². The van der Waals surface area contributed by atoms with Crippen LogP contribution in [0.3, 0.4) is 0 Å². The van der Waals surface area contributed by atoms with Crippen molar-refractivity contribution in [2.75, 3.05) is 17.4 Å². The Hall–Kier alpha value is 0.640. The number of thioether (sulfide) groups is 1. The fourth-order valence-electron chi connectivity index (χ4n) is 2.75. The van der Waals surface area contributed by atoms with Crippen molar-refractivity contribution in [1.29, 1.82) is 0 Å². The van der Waals surface area contributed by atoms with Gasteiger partial charge in [0.1, 0.15) is 0 Å². The van der Waals surface area contributed by atoms with Crippen LogP contribution in [0.15, 0.2) is 0 Å². The number of halogens is 1. The van der Waals surface area contributed by atoms with Crippen molar-refractivity contribution < 1.29 is 0 Å². The summed E-state index contributed by atoms with van der Waals surface area (Å²) in [5, 5.41) is 0. The number of alkyl halides is 1. The van der Waals surface area contributed by atoms with Crippen molar-refractivity contribution in [3.63, 3.8) is 0 Å². The molecule has 0 N–H and O–H groups in total. The van der Waals surface area contributed by atoms with E-state index in [1.807, 2.05) is 0 Å². The maximum Gasteiger partial charge on any atom is 0.0288 e. The van der Waals surface area contributed by atoms with Gasteiger partial charge in [0.15, 0.2) is 0 Å². The van der Waals surface area contributed by atoms with Gasteiger partial charge in [-0.15, -0.1) is 11.6 Å². The summed E-state index contributed by atoms with van der Waals surface area (Å²) in [6.45, 7) is 4.75. The second-order valence-corrected chi connectivity index (χ2v) is 6.33. The lowest BCUT2D eigenvalue weighted by atomic mass is 9.84. The van der Waals surface area contributed by atoms with Crippen molar-refractivity contribution in [1.82, 2.24) is 0 Å². The lowest BCUT2D eigenvalue weighted by molar-refractivity contribution is 0.299. The molecule has 1 saturated heterocycles. The summed E-state index contributed by atoms with van der Waals surface area (Å²) in [7, 11) is 0. The average Bonchev–Trinajstić information content (AvgIpc) is 2.52. The molecule has 1 saturated carbocycles. The minimum absolute atomic E-state index is 0.512. The van der Waals surface area contributed by atoms with E-state index in [-0.39, 0.29) is 0 Å². The molecule has 0 amide bonds.